The van der Waals surface area contributed by atoms with Crippen LogP contribution in [-0.4, -0.2) is 4.98 Å². The molecule has 2 aromatic carbocycles. The van der Waals surface area contributed by atoms with Gasteiger partial charge < -0.3 is 9.73 Å². The second kappa shape index (κ2) is 5.79. The van der Waals surface area contributed by atoms with Crippen LogP contribution in [0.5, 0.6) is 0 Å². The molecule has 1 N–H and O–H groups in total. The van der Waals surface area contributed by atoms with Crippen LogP contribution >= 0.6 is 0 Å². The Hall–Kier alpha value is -2.62. The molecule has 106 valence electrons. The summed E-state index contributed by atoms with van der Waals surface area (Å²) in [5.41, 5.74) is 2.96. The maximum atomic E-state index is 13.0. The minimum Gasteiger partial charge on any atom is -0.444 e. The zero-order valence-corrected chi connectivity index (χ0v) is 11.6. The summed E-state index contributed by atoms with van der Waals surface area (Å²) in [6.45, 7) is 2.04. The van der Waals surface area contributed by atoms with Crippen molar-refractivity contribution >= 4 is 5.69 Å². The van der Waals surface area contributed by atoms with Gasteiger partial charge >= 0.3 is 0 Å². The molecule has 1 aromatic heterocycles. The van der Waals surface area contributed by atoms with Crippen LogP contribution in [0.1, 0.15) is 18.5 Å². The fourth-order valence-electron chi connectivity index (χ4n) is 2.21. The van der Waals surface area contributed by atoms with Crippen molar-refractivity contribution in [1.29, 1.82) is 0 Å². The molecule has 1 unspecified atom stereocenters. The first-order chi connectivity index (χ1) is 10.2. The lowest BCUT2D eigenvalue weighted by molar-refractivity contribution is 0.572. The van der Waals surface area contributed by atoms with Crippen LogP contribution in [-0.2, 0) is 0 Å². The fourth-order valence-corrected chi connectivity index (χ4v) is 2.21. The third-order valence-electron chi connectivity index (χ3n) is 3.33. The molecule has 1 heterocycles. The van der Waals surface area contributed by atoms with E-state index in [1.807, 2.05) is 31.2 Å². The van der Waals surface area contributed by atoms with E-state index < -0.39 is 0 Å². The lowest BCUT2D eigenvalue weighted by Crippen LogP contribution is -2.06. The summed E-state index contributed by atoms with van der Waals surface area (Å²) in [6.07, 6.45) is 3.10. The predicted molar refractivity (Wildman–Crippen MR) is 80.4 cm³/mol. The van der Waals surface area contributed by atoms with Crippen LogP contribution < -0.4 is 5.32 Å². The summed E-state index contributed by atoms with van der Waals surface area (Å²) >= 11 is 0. The number of rotatable bonds is 4. The molecule has 0 saturated carbocycles. The highest BCUT2D eigenvalue weighted by atomic mass is 19.1. The Morgan fingerprint density at radius 3 is 2.67 bits per heavy atom. The van der Waals surface area contributed by atoms with E-state index in [-0.39, 0.29) is 11.9 Å². The first kappa shape index (κ1) is 13.4. The van der Waals surface area contributed by atoms with E-state index in [4.69, 9.17) is 4.42 Å². The summed E-state index contributed by atoms with van der Waals surface area (Å²) in [5.74, 6) is 0.506. The van der Waals surface area contributed by atoms with Crippen molar-refractivity contribution in [3.05, 3.63) is 72.5 Å². The van der Waals surface area contributed by atoms with Crippen molar-refractivity contribution < 1.29 is 8.81 Å². The second-order valence-corrected chi connectivity index (χ2v) is 4.86. The van der Waals surface area contributed by atoms with Gasteiger partial charge in [0.05, 0.1) is 6.20 Å². The van der Waals surface area contributed by atoms with E-state index >= 15 is 0 Å². The van der Waals surface area contributed by atoms with E-state index in [2.05, 4.69) is 10.3 Å². The lowest BCUT2D eigenvalue weighted by atomic mass is 10.1. The van der Waals surface area contributed by atoms with Crippen LogP contribution in [0, 0.1) is 5.82 Å². The van der Waals surface area contributed by atoms with Gasteiger partial charge in [-0.25, -0.2) is 9.37 Å². The molecular formula is C17H15FN2O. The Morgan fingerprint density at radius 1 is 1.14 bits per heavy atom. The van der Waals surface area contributed by atoms with Crippen molar-refractivity contribution in [3.63, 3.8) is 0 Å². The molecule has 3 nitrogen and oxygen atoms in total. The molecule has 0 saturated heterocycles. The molecule has 1 atom stereocenters. The molecule has 21 heavy (non-hydrogen) atoms. The van der Waals surface area contributed by atoms with Crippen LogP contribution in [0.15, 0.2) is 65.5 Å². The van der Waals surface area contributed by atoms with E-state index in [0.717, 1.165) is 22.6 Å². The van der Waals surface area contributed by atoms with Crippen LogP contribution in [0.4, 0.5) is 10.1 Å². The Kier molecular flexibility index (Phi) is 3.69. The van der Waals surface area contributed by atoms with Gasteiger partial charge in [-0.3, -0.25) is 0 Å². The predicted octanol–water partition coefficient (Wildman–Crippen LogP) is 4.65. The van der Waals surface area contributed by atoms with Crippen molar-refractivity contribution in [2.75, 3.05) is 5.32 Å². The number of aromatic nitrogens is 1. The van der Waals surface area contributed by atoms with Gasteiger partial charge in [0, 0.05) is 17.3 Å². The Labute approximate surface area is 122 Å². The summed E-state index contributed by atoms with van der Waals surface area (Å²) in [5, 5.41) is 3.40. The first-order valence-electron chi connectivity index (χ1n) is 6.73. The molecule has 0 aliphatic rings. The molecule has 0 spiro atoms. The highest BCUT2D eigenvalue weighted by Gasteiger charge is 2.07. The van der Waals surface area contributed by atoms with Gasteiger partial charge in [0.15, 0.2) is 12.2 Å². The van der Waals surface area contributed by atoms with Gasteiger partial charge in [-0.15, -0.1) is 0 Å². The normalized spacial score (nSPS) is 12.1. The monoisotopic (exact) mass is 282 g/mol. The number of nitrogens with zero attached hydrogens (tertiary/aromatic N) is 1. The SMILES string of the molecule is CC(Nc1cccc(-c2cnco2)c1)c1ccc(F)cc1. The maximum absolute atomic E-state index is 13.0. The topological polar surface area (TPSA) is 38.1 Å². The minimum absolute atomic E-state index is 0.0792. The molecule has 0 radical (unpaired) electrons. The molecule has 3 aromatic rings. The standard InChI is InChI=1S/C17H15FN2O/c1-12(13-5-7-15(18)8-6-13)20-16-4-2-3-14(9-16)17-10-19-11-21-17/h2-12,20H,1H3. The Morgan fingerprint density at radius 2 is 1.95 bits per heavy atom. The highest BCUT2D eigenvalue weighted by Crippen LogP contribution is 2.25. The third kappa shape index (κ3) is 3.11. The number of hydrogen-bond donors (Lipinski definition) is 1. The van der Waals surface area contributed by atoms with Crippen molar-refractivity contribution in [1.82, 2.24) is 4.98 Å². The average Bonchev–Trinajstić information content (AvgIpc) is 3.02. The molecule has 0 amide bonds. The zero-order chi connectivity index (χ0) is 14.7. The summed E-state index contributed by atoms with van der Waals surface area (Å²) in [7, 11) is 0. The van der Waals surface area contributed by atoms with Crippen molar-refractivity contribution in [3.8, 4) is 11.3 Å². The van der Waals surface area contributed by atoms with Gasteiger partial charge in [-0.1, -0.05) is 24.3 Å². The van der Waals surface area contributed by atoms with Gasteiger partial charge in [0.2, 0.25) is 0 Å². The van der Waals surface area contributed by atoms with E-state index in [0.29, 0.717) is 0 Å². The largest absolute Gasteiger partial charge is 0.444 e. The molecule has 4 heteroatoms. The quantitative estimate of drug-likeness (QED) is 0.756. The lowest BCUT2D eigenvalue weighted by Gasteiger charge is -2.16. The van der Waals surface area contributed by atoms with Gasteiger partial charge in [0.1, 0.15) is 5.82 Å². The smallest absolute Gasteiger partial charge is 0.181 e. The number of oxazole rings is 1. The van der Waals surface area contributed by atoms with Gasteiger partial charge in [0.25, 0.3) is 0 Å². The molecule has 3 rings (SSSR count). The molecule has 0 fully saturated rings. The number of hydrogen-bond acceptors (Lipinski definition) is 3. The fraction of sp³-hybridized carbons (Fsp3) is 0.118. The number of nitrogens with one attached hydrogen (secondary N) is 1. The molecule has 0 aliphatic carbocycles. The Bertz CT molecular complexity index is 708. The molecular weight excluding hydrogens is 267 g/mol. The number of halogens is 1. The first-order valence-corrected chi connectivity index (χ1v) is 6.73. The summed E-state index contributed by atoms with van der Waals surface area (Å²) in [4.78, 5) is 3.92. The van der Waals surface area contributed by atoms with Gasteiger partial charge in [-0.2, -0.15) is 0 Å². The zero-order valence-electron chi connectivity index (χ0n) is 11.6. The van der Waals surface area contributed by atoms with Crippen LogP contribution in [0.3, 0.4) is 0 Å². The van der Waals surface area contributed by atoms with E-state index in [9.17, 15) is 4.39 Å². The number of anilines is 1. The molecule has 0 bridgehead atoms. The second-order valence-electron chi connectivity index (χ2n) is 4.86. The minimum atomic E-state index is -0.224. The van der Waals surface area contributed by atoms with Crippen molar-refractivity contribution in [2.24, 2.45) is 0 Å². The summed E-state index contributed by atoms with van der Waals surface area (Å²) < 4.78 is 18.2. The highest BCUT2D eigenvalue weighted by molar-refractivity contribution is 5.63. The average molecular weight is 282 g/mol. The molecule has 0 aliphatic heterocycles. The number of benzene rings is 2. The van der Waals surface area contributed by atoms with E-state index in [1.165, 1.54) is 18.5 Å². The summed E-state index contributed by atoms with van der Waals surface area (Å²) in [6, 6.07) is 14.5. The van der Waals surface area contributed by atoms with Gasteiger partial charge in [-0.05, 0) is 36.8 Å². The maximum Gasteiger partial charge on any atom is 0.181 e. The van der Waals surface area contributed by atoms with Crippen LogP contribution in [0.2, 0.25) is 0 Å². The van der Waals surface area contributed by atoms with Crippen molar-refractivity contribution in [2.45, 2.75) is 13.0 Å². The third-order valence-corrected chi connectivity index (χ3v) is 3.33. The Balaban J connectivity index is 1.78. The van der Waals surface area contributed by atoms with E-state index in [1.54, 1.807) is 18.3 Å². The van der Waals surface area contributed by atoms with Crippen LogP contribution in [0.25, 0.3) is 11.3 Å².